The Bertz CT molecular complexity index is 932. The quantitative estimate of drug-likeness (QED) is 0.792. The molecule has 29 heavy (non-hydrogen) atoms. The van der Waals surface area contributed by atoms with Crippen LogP contribution in [0.25, 0.3) is 11.1 Å². The van der Waals surface area contributed by atoms with Crippen LogP contribution in [0.3, 0.4) is 0 Å². The fourth-order valence-electron chi connectivity index (χ4n) is 4.17. The number of piperazine rings is 1. The van der Waals surface area contributed by atoms with Gasteiger partial charge in [-0.3, -0.25) is 14.4 Å². The number of methoxy groups -OCH3 is 1. The first kappa shape index (κ1) is 19.4. The van der Waals surface area contributed by atoms with Gasteiger partial charge in [0.05, 0.1) is 13.5 Å². The zero-order valence-corrected chi connectivity index (χ0v) is 16.5. The molecule has 1 atom stereocenters. The molecule has 1 saturated carbocycles. The van der Waals surface area contributed by atoms with Crippen LogP contribution >= 0.6 is 0 Å². The van der Waals surface area contributed by atoms with Crippen molar-refractivity contribution in [3.05, 3.63) is 29.7 Å². The molecule has 4 rings (SSSR count). The van der Waals surface area contributed by atoms with Crippen molar-refractivity contribution in [3.63, 3.8) is 0 Å². The van der Waals surface area contributed by atoms with Gasteiger partial charge in [-0.1, -0.05) is 19.3 Å². The van der Waals surface area contributed by atoms with E-state index in [1.807, 2.05) is 0 Å². The van der Waals surface area contributed by atoms with E-state index < -0.39 is 12.0 Å². The molecular formula is C21H25N3O5. The van der Waals surface area contributed by atoms with Crippen LogP contribution in [-0.2, 0) is 14.3 Å². The maximum absolute atomic E-state index is 13.1. The van der Waals surface area contributed by atoms with Gasteiger partial charge in [0.25, 0.3) is 5.91 Å². The standard InChI is InChI=1S/C21H25N3O5/c1-28-18(25)12-16-19(26)22-9-10-24(16)21(27)14-7-8-15-17(11-14)29-20(23-15)13-5-3-2-4-6-13/h7-8,11,13,16H,2-6,9-10,12H2,1H3,(H,22,26)/t16-/m0/s1. The Balaban J connectivity index is 1.58. The molecular weight excluding hydrogens is 374 g/mol. The van der Waals surface area contributed by atoms with Crippen molar-refractivity contribution in [3.8, 4) is 0 Å². The van der Waals surface area contributed by atoms with E-state index in [4.69, 9.17) is 4.42 Å². The second kappa shape index (κ2) is 8.23. The lowest BCUT2D eigenvalue weighted by molar-refractivity contribution is -0.145. The molecule has 0 spiro atoms. The van der Waals surface area contributed by atoms with Crippen molar-refractivity contribution < 1.29 is 23.5 Å². The predicted molar refractivity (Wildman–Crippen MR) is 104 cm³/mol. The van der Waals surface area contributed by atoms with Crippen molar-refractivity contribution in [2.24, 2.45) is 0 Å². The number of rotatable bonds is 4. The van der Waals surface area contributed by atoms with Crippen LogP contribution in [0.4, 0.5) is 0 Å². The molecule has 1 aromatic heterocycles. The smallest absolute Gasteiger partial charge is 0.308 e. The Hall–Kier alpha value is -2.90. The molecule has 2 fully saturated rings. The minimum Gasteiger partial charge on any atom is -0.469 e. The number of nitrogens with zero attached hydrogens (tertiary/aromatic N) is 2. The highest BCUT2D eigenvalue weighted by molar-refractivity contribution is 6.01. The average Bonchev–Trinajstić information content (AvgIpc) is 3.18. The third-order valence-electron chi connectivity index (χ3n) is 5.79. The monoisotopic (exact) mass is 399 g/mol. The SMILES string of the molecule is COC(=O)C[C@H]1C(=O)NCCN1C(=O)c1ccc2nc(C3CCCCC3)oc2c1. The lowest BCUT2D eigenvalue weighted by Crippen LogP contribution is -2.57. The molecule has 8 heteroatoms. The first-order chi connectivity index (χ1) is 14.1. The number of amides is 2. The van der Waals surface area contributed by atoms with E-state index in [0.717, 1.165) is 24.2 Å². The van der Waals surface area contributed by atoms with E-state index in [0.29, 0.717) is 30.2 Å². The molecule has 0 unspecified atom stereocenters. The van der Waals surface area contributed by atoms with Crippen molar-refractivity contribution >= 4 is 28.9 Å². The Morgan fingerprint density at radius 3 is 2.83 bits per heavy atom. The minimum absolute atomic E-state index is 0.176. The Morgan fingerprint density at radius 2 is 2.07 bits per heavy atom. The molecule has 2 aliphatic rings. The van der Waals surface area contributed by atoms with Gasteiger partial charge in [0.15, 0.2) is 11.5 Å². The number of carbonyl (C=O) groups is 3. The average molecular weight is 399 g/mol. The molecule has 0 bridgehead atoms. The minimum atomic E-state index is -0.882. The van der Waals surface area contributed by atoms with Crippen molar-refractivity contribution in [2.45, 2.75) is 50.5 Å². The molecule has 0 radical (unpaired) electrons. The summed E-state index contributed by atoms with van der Waals surface area (Å²) in [6, 6.07) is 4.27. The van der Waals surface area contributed by atoms with Crippen LogP contribution in [0.2, 0.25) is 0 Å². The van der Waals surface area contributed by atoms with Gasteiger partial charge in [-0.25, -0.2) is 4.98 Å². The van der Waals surface area contributed by atoms with Gasteiger partial charge in [-0.05, 0) is 31.0 Å². The van der Waals surface area contributed by atoms with Crippen LogP contribution in [0.5, 0.6) is 0 Å². The molecule has 8 nitrogen and oxygen atoms in total. The lowest BCUT2D eigenvalue weighted by Gasteiger charge is -2.34. The maximum atomic E-state index is 13.1. The van der Waals surface area contributed by atoms with E-state index >= 15 is 0 Å². The first-order valence-corrected chi connectivity index (χ1v) is 10.1. The number of oxazole rings is 1. The second-order valence-corrected chi connectivity index (χ2v) is 7.66. The largest absolute Gasteiger partial charge is 0.469 e. The molecule has 1 aromatic carbocycles. The topological polar surface area (TPSA) is 102 Å². The highest BCUT2D eigenvalue weighted by atomic mass is 16.5. The van der Waals surface area contributed by atoms with Crippen molar-refractivity contribution in [1.82, 2.24) is 15.2 Å². The summed E-state index contributed by atoms with van der Waals surface area (Å²) in [5.74, 6) is -0.120. The fourth-order valence-corrected chi connectivity index (χ4v) is 4.17. The maximum Gasteiger partial charge on any atom is 0.308 e. The first-order valence-electron chi connectivity index (χ1n) is 10.1. The van der Waals surface area contributed by atoms with Crippen LogP contribution in [0.15, 0.2) is 22.6 Å². The van der Waals surface area contributed by atoms with E-state index in [1.165, 1.54) is 31.3 Å². The van der Waals surface area contributed by atoms with Crippen molar-refractivity contribution in [2.75, 3.05) is 20.2 Å². The summed E-state index contributed by atoms with van der Waals surface area (Å²) in [5, 5.41) is 2.70. The Labute approximate surface area is 168 Å². The van der Waals surface area contributed by atoms with E-state index in [-0.39, 0.29) is 18.2 Å². The van der Waals surface area contributed by atoms with Gasteiger partial charge in [-0.2, -0.15) is 0 Å². The number of hydrogen-bond donors (Lipinski definition) is 1. The van der Waals surface area contributed by atoms with Gasteiger partial charge in [-0.15, -0.1) is 0 Å². The van der Waals surface area contributed by atoms with Gasteiger partial charge >= 0.3 is 5.97 Å². The van der Waals surface area contributed by atoms with Crippen molar-refractivity contribution in [1.29, 1.82) is 0 Å². The number of nitrogens with one attached hydrogen (secondary N) is 1. The normalized spacial score (nSPS) is 20.5. The zero-order valence-electron chi connectivity index (χ0n) is 16.5. The van der Waals surface area contributed by atoms with Crippen LogP contribution in [0.1, 0.15) is 60.7 Å². The Morgan fingerprint density at radius 1 is 1.28 bits per heavy atom. The predicted octanol–water partition coefficient (Wildman–Crippen LogP) is 2.38. The molecule has 2 heterocycles. The Kier molecular flexibility index (Phi) is 5.51. The summed E-state index contributed by atoms with van der Waals surface area (Å²) >= 11 is 0. The number of ether oxygens (including phenoxy) is 1. The molecule has 2 amide bonds. The molecule has 1 aliphatic carbocycles. The molecule has 1 aliphatic heterocycles. The number of aromatic nitrogens is 1. The van der Waals surface area contributed by atoms with Crippen LogP contribution in [0, 0.1) is 0 Å². The van der Waals surface area contributed by atoms with Gasteiger partial charge < -0.3 is 19.4 Å². The molecule has 1 N–H and O–H groups in total. The summed E-state index contributed by atoms with van der Waals surface area (Å²) in [6.45, 7) is 0.673. The third kappa shape index (κ3) is 3.97. The van der Waals surface area contributed by atoms with Crippen LogP contribution < -0.4 is 5.32 Å². The number of fused-ring (bicyclic) bond motifs is 1. The lowest BCUT2D eigenvalue weighted by atomic mass is 9.89. The van der Waals surface area contributed by atoms with Gasteiger partial charge in [0, 0.05) is 24.6 Å². The zero-order chi connectivity index (χ0) is 20.4. The summed E-state index contributed by atoms with van der Waals surface area (Å²) < 4.78 is 10.7. The van der Waals surface area contributed by atoms with Gasteiger partial charge in [0.1, 0.15) is 11.6 Å². The summed E-state index contributed by atoms with van der Waals surface area (Å²) in [7, 11) is 1.26. The number of esters is 1. The number of hydrogen-bond acceptors (Lipinski definition) is 6. The highest BCUT2D eigenvalue weighted by Crippen LogP contribution is 2.34. The highest BCUT2D eigenvalue weighted by Gasteiger charge is 2.35. The van der Waals surface area contributed by atoms with Crippen LogP contribution in [-0.4, -0.2) is 53.9 Å². The van der Waals surface area contributed by atoms with E-state index in [1.54, 1.807) is 18.2 Å². The summed E-state index contributed by atoms with van der Waals surface area (Å²) in [6.07, 6.45) is 5.61. The second-order valence-electron chi connectivity index (χ2n) is 7.66. The number of benzene rings is 1. The van der Waals surface area contributed by atoms with E-state index in [2.05, 4.69) is 15.0 Å². The van der Waals surface area contributed by atoms with E-state index in [9.17, 15) is 14.4 Å². The third-order valence-corrected chi connectivity index (χ3v) is 5.79. The molecule has 154 valence electrons. The fraction of sp³-hybridized carbons (Fsp3) is 0.524. The summed E-state index contributed by atoms with van der Waals surface area (Å²) in [5.41, 5.74) is 1.71. The van der Waals surface area contributed by atoms with Gasteiger partial charge in [0.2, 0.25) is 5.91 Å². The molecule has 2 aromatic rings. The number of carbonyl (C=O) groups excluding carboxylic acids is 3. The molecule has 1 saturated heterocycles. The summed E-state index contributed by atoms with van der Waals surface area (Å²) in [4.78, 5) is 43.1.